The quantitative estimate of drug-likeness (QED) is 0.723. The van der Waals surface area contributed by atoms with Crippen molar-refractivity contribution in [2.24, 2.45) is 0 Å². The second kappa shape index (κ2) is 8.64. The molecule has 1 saturated heterocycles. The molecular weight excluding hydrogens is 348 g/mol. The SMILES string of the molecule is CC(c1ccccc1)N1CCN(C(=O)CSc2nnnn2C(C)C)CC1. The van der Waals surface area contributed by atoms with Gasteiger partial charge in [0, 0.05) is 32.2 Å². The van der Waals surface area contributed by atoms with Crippen LogP contribution in [-0.4, -0.2) is 67.8 Å². The van der Waals surface area contributed by atoms with Crippen LogP contribution >= 0.6 is 11.8 Å². The van der Waals surface area contributed by atoms with Gasteiger partial charge in [0.15, 0.2) is 0 Å². The fourth-order valence-corrected chi connectivity index (χ4v) is 4.03. The van der Waals surface area contributed by atoms with Crippen LogP contribution in [0.4, 0.5) is 0 Å². The first-order valence-corrected chi connectivity index (χ1v) is 10.0. The Bertz CT molecular complexity index is 711. The van der Waals surface area contributed by atoms with Gasteiger partial charge in [0.05, 0.1) is 11.8 Å². The summed E-state index contributed by atoms with van der Waals surface area (Å²) >= 11 is 1.41. The molecule has 1 aliphatic heterocycles. The number of tetrazole rings is 1. The molecule has 0 radical (unpaired) electrons. The minimum Gasteiger partial charge on any atom is -0.339 e. The molecule has 1 atom stereocenters. The van der Waals surface area contributed by atoms with Crippen molar-refractivity contribution in [3.63, 3.8) is 0 Å². The first-order chi connectivity index (χ1) is 12.6. The lowest BCUT2D eigenvalue weighted by molar-refractivity contribution is -0.130. The zero-order chi connectivity index (χ0) is 18.5. The Labute approximate surface area is 158 Å². The number of thioether (sulfide) groups is 1. The molecule has 1 aliphatic rings. The largest absolute Gasteiger partial charge is 0.339 e. The summed E-state index contributed by atoms with van der Waals surface area (Å²) in [5.41, 5.74) is 1.32. The van der Waals surface area contributed by atoms with Crippen molar-refractivity contribution in [1.29, 1.82) is 0 Å². The predicted molar refractivity (Wildman–Crippen MR) is 102 cm³/mol. The highest BCUT2D eigenvalue weighted by Crippen LogP contribution is 2.22. The summed E-state index contributed by atoms with van der Waals surface area (Å²) in [5.74, 6) is 0.529. The molecule has 0 aliphatic carbocycles. The van der Waals surface area contributed by atoms with Gasteiger partial charge < -0.3 is 4.90 Å². The van der Waals surface area contributed by atoms with E-state index in [0.717, 1.165) is 26.2 Å². The van der Waals surface area contributed by atoms with E-state index < -0.39 is 0 Å². The predicted octanol–water partition coefficient (Wildman–Crippen LogP) is 2.25. The Morgan fingerprint density at radius 3 is 2.46 bits per heavy atom. The topological polar surface area (TPSA) is 67.2 Å². The number of hydrogen-bond donors (Lipinski definition) is 0. The van der Waals surface area contributed by atoms with E-state index in [1.165, 1.54) is 17.3 Å². The van der Waals surface area contributed by atoms with E-state index in [0.29, 0.717) is 17.0 Å². The summed E-state index contributed by atoms with van der Waals surface area (Å²) in [6.07, 6.45) is 0. The smallest absolute Gasteiger partial charge is 0.233 e. The normalized spacial score (nSPS) is 16.8. The summed E-state index contributed by atoms with van der Waals surface area (Å²) in [6.45, 7) is 9.61. The van der Waals surface area contributed by atoms with Crippen LogP contribution < -0.4 is 0 Å². The number of aromatic nitrogens is 4. The van der Waals surface area contributed by atoms with Gasteiger partial charge in [0.1, 0.15) is 0 Å². The summed E-state index contributed by atoms with van der Waals surface area (Å²) in [7, 11) is 0. The molecule has 1 amide bonds. The van der Waals surface area contributed by atoms with Gasteiger partial charge in [-0.1, -0.05) is 42.1 Å². The van der Waals surface area contributed by atoms with Crippen molar-refractivity contribution in [2.45, 2.75) is 38.0 Å². The van der Waals surface area contributed by atoms with Crippen LogP contribution in [0.15, 0.2) is 35.5 Å². The van der Waals surface area contributed by atoms with E-state index in [9.17, 15) is 4.79 Å². The maximum Gasteiger partial charge on any atom is 0.233 e. The standard InChI is InChI=1S/C18H26N6OS/c1-14(2)24-18(19-20-21-24)26-13-17(25)23-11-9-22(10-12-23)15(3)16-7-5-4-6-8-16/h4-8,14-15H,9-13H2,1-3H3. The van der Waals surface area contributed by atoms with Gasteiger partial charge in [-0.25, -0.2) is 4.68 Å². The molecule has 7 nitrogen and oxygen atoms in total. The number of nitrogens with zero attached hydrogens (tertiary/aromatic N) is 6. The number of carbonyl (C=O) groups is 1. The molecule has 1 unspecified atom stereocenters. The van der Waals surface area contributed by atoms with E-state index >= 15 is 0 Å². The zero-order valence-corrected chi connectivity index (χ0v) is 16.4. The highest BCUT2D eigenvalue weighted by atomic mass is 32.2. The van der Waals surface area contributed by atoms with Crippen molar-refractivity contribution in [3.8, 4) is 0 Å². The average molecular weight is 375 g/mol. The number of amides is 1. The highest BCUT2D eigenvalue weighted by molar-refractivity contribution is 7.99. The number of hydrogen-bond acceptors (Lipinski definition) is 6. The molecular formula is C18H26N6OS. The van der Waals surface area contributed by atoms with Crippen molar-refractivity contribution in [2.75, 3.05) is 31.9 Å². The lowest BCUT2D eigenvalue weighted by atomic mass is 10.1. The Hall–Kier alpha value is -1.93. The van der Waals surface area contributed by atoms with Gasteiger partial charge >= 0.3 is 0 Å². The van der Waals surface area contributed by atoms with E-state index in [-0.39, 0.29) is 11.9 Å². The molecule has 0 spiro atoms. The van der Waals surface area contributed by atoms with Crippen molar-refractivity contribution in [3.05, 3.63) is 35.9 Å². The molecule has 1 aromatic heterocycles. The first-order valence-electron chi connectivity index (χ1n) is 9.03. The van der Waals surface area contributed by atoms with Crippen LogP contribution in [-0.2, 0) is 4.79 Å². The lowest BCUT2D eigenvalue weighted by Gasteiger charge is -2.38. The fourth-order valence-electron chi connectivity index (χ4n) is 3.12. The van der Waals surface area contributed by atoms with Crippen molar-refractivity contribution in [1.82, 2.24) is 30.0 Å². The van der Waals surface area contributed by atoms with Crippen LogP contribution in [0.3, 0.4) is 0 Å². The number of benzene rings is 1. The highest BCUT2D eigenvalue weighted by Gasteiger charge is 2.25. The van der Waals surface area contributed by atoms with Gasteiger partial charge in [0.2, 0.25) is 11.1 Å². The Balaban J connectivity index is 1.48. The minimum atomic E-state index is 0.153. The van der Waals surface area contributed by atoms with Gasteiger partial charge in [-0.3, -0.25) is 9.69 Å². The lowest BCUT2D eigenvalue weighted by Crippen LogP contribution is -2.49. The summed E-state index contributed by atoms with van der Waals surface area (Å²) in [4.78, 5) is 16.9. The Morgan fingerprint density at radius 2 is 1.81 bits per heavy atom. The Morgan fingerprint density at radius 1 is 1.12 bits per heavy atom. The molecule has 140 valence electrons. The van der Waals surface area contributed by atoms with E-state index in [2.05, 4.69) is 51.6 Å². The molecule has 26 heavy (non-hydrogen) atoms. The third-order valence-corrected chi connectivity index (χ3v) is 5.69. The van der Waals surface area contributed by atoms with Crippen molar-refractivity contribution >= 4 is 17.7 Å². The molecule has 0 bridgehead atoms. The number of piperazine rings is 1. The second-order valence-electron chi connectivity index (χ2n) is 6.79. The molecule has 2 aromatic rings. The monoisotopic (exact) mass is 374 g/mol. The summed E-state index contributed by atoms with van der Waals surface area (Å²) < 4.78 is 1.75. The van der Waals surface area contributed by atoms with E-state index in [1.54, 1.807) is 4.68 Å². The maximum atomic E-state index is 12.5. The molecule has 3 rings (SSSR count). The summed E-state index contributed by atoms with van der Waals surface area (Å²) in [5, 5.41) is 12.4. The van der Waals surface area contributed by atoms with Crippen LogP contribution in [0.2, 0.25) is 0 Å². The molecule has 1 fully saturated rings. The van der Waals surface area contributed by atoms with E-state index in [4.69, 9.17) is 0 Å². The van der Waals surface area contributed by atoms with E-state index in [1.807, 2.05) is 24.8 Å². The first kappa shape index (κ1) is 18.8. The fraction of sp³-hybridized carbons (Fsp3) is 0.556. The minimum absolute atomic E-state index is 0.153. The van der Waals surface area contributed by atoms with Gasteiger partial charge in [-0.2, -0.15) is 0 Å². The van der Waals surface area contributed by atoms with Gasteiger partial charge in [-0.15, -0.1) is 5.10 Å². The zero-order valence-electron chi connectivity index (χ0n) is 15.6. The average Bonchev–Trinajstić information content (AvgIpc) is 3.15. The second-order valence-corrected chi connectivity index (χ2v) is 7.73. The molecule has 8 heteroatoms. The molecule has 1 aromatic carbocycles. The van der Waals surface area contributed by atoms with Gasteiger partial charge in [0.25, 0.3) is 0 Å². The van der Waals surface area contributed by atoms with Crippen LogP contribution in [0.1, 0.15) is 38.4 Å². The van der Waals surface area contributed by atoms with Crippen LogP contribution in [0, 0.1) is 0 Å². The third kappa shape index (κ3) is 4.42. The molecule has 2 heterocycles. The van der Waals surface area contributed by atoms with Crippen LogP contribution in [0.25, 0.3) is 0 Å². The summed E-state index contributed by atoms with van der Waals surface area (Å²) in [6, 6.07) is 11.1. The number of rotatable bonds is 6. The van der Waals surface area contributed by atoms with Gasteiger partial charge in [-0.05, 0) is 36.8 Å². The van der Waals surface area contributed by atoms with Crippen molar-refractivity contribution < 1.29 is 4.79 Å². The molecule has 0 N–H and O–H groups in total. The maximum absolute atomic E-state index is 12.5. The third-order valence-electron chi connectivity index (χ3n) is 4.77. The Kier molecular flexibility index (Phi) is 6.26. The molecule has 0 saturated carbocycles. The van der Waals surface area contributed by atoms with Crippen LogP contribution in [0.5, 0.6) is 0 Å². The number of carbonyl (C=O) groups excluding carboxylic acids is 1.